The van der Waals surface area contributed by atoms with E-state index in [0.717, 1.165) is 39.2 Å². The first kappa shape index (κ1) is 24.5. The average molecular weight is 588 g/mol. The van der Waals surface area contributed by atoms with Crippen molar-refractivity contribution in [3.05, 3.63) is 112 Å². The van der Waals surface area contributed by atoms with Gasteiger partial charge >= 0.3 is 6.03 Å². The summed E-state index contributed by atoms with van der Waals surface area (Å²) in [6, 6.07) is 27.6. The Morgan fingerprint density at radius 2 is 1.84 bits per heavy atom. The van der Waals surface area contributed by atoms with Crippen LogP contribution in [0.2, 0.25) is 5.02 Å². The van der Waals surface area contributed by atoms with Crippen LogP contribution in [0, 0.1) is 0 Å². The molecule has 0 aliphatic heterocycles. The predicted molar refractivity (Wildman–Crippen MR) is 155 cm³/mol. The summed E-state index contributed by atoms with van der Waals surface area (Å²) in [5.41, 5.74) is 5.27. The molecule has 2 amide bonds. The summed E-state index contributed by atoms with van der Waals surface area (Å²) in [6.45, 7) is 0.522. The fourth-order valence-electron chi connectivity index (χ4n) is 4.58. The van der Waals surface area contributed by atoms with Gasteiger partial charge in [-0.05, 0) is 51.7 Å². The van der Waals surface area contributed by atoms with Crippen LogP contribution in [0.4, 0.5) is 16.3 Å². The van der Waals surface area contributed by atoms with Crippen molar-refractivity contribution in [3.63, 3.8) is 0 Å². The highest BCUT2D eigenvalue weighted by Crippen LogP contribution is 2.40. The van der Waals surface area contributed by atoms with E-state index in [0.29, 0.717) is 23.1 Å². The molecule has 9 heteroatoms. The number of fused-ring (bicyclic) bond motifs is 1. The van der Waals surface area contributed by atoms with Gasteiger partial charge in [0.15, 0.2) is 5.65 Å². The smallest absolute Gasteiger partial charge is 0.319 e. The van der Waals surface area contributed by atoms with Gasteiger partial charge in [-0.1, -0.05) is 72.3 Å². The summed E-state index contributed by atoms with van der Waals surface area (Å²) in [6.07, 6.45) is 2.68. The first-order valence-electron chi connectivity index (χ1n) is 12.3. The Labute approximate surface area is 233 Å². The van der Waals surface area contributed by atoms with Gasteiger partial charge in [-0.2, -0.15) is 9.61 Å². The van der Waals surface area contributed by atoms with E-state index in [1.54, 1.807) is 10.7 Å². The molecule has 7 nitrogen and oxygen atoms in total. The molecule has 1 fully saturated rings. The summed E-state index contributed by atoms with van der Waals surface area (Å²) >= 11 is 9.99. The Balaban J connectivity index is 1.14. The second-order valence-corrected chi connectivity index (χ2v) is 10.5. The van der Waals surface area contributed by atoms with E-state index in [4.69, 9.17) is 16.6 Å². The minimum absolute atomic E-state index is 0.164. The fourth-order valence-corrected chi connectivity index (χ4v) is 5.16. The lowest BCUT2D eigenvalue weighted by atomic mass is 10.1. The van der Waals surface area contributed by atoms with Crippen LogP contribution in [-0.2, 0) is 6.54 Å². The second kappa shape index (κ2) is 10.5. The molecular weight excluding hydrogens is 564 g/mol. The molecular formula is C29H24BrClN6O. The van der Waals surface area contributed by atoms with Gasteiger partial charge in [0.1, 0.15) is 5.82 Å². The highest BCUT2D eigenvalue weighted by atomic mass is 79.9. The Hall–Kier alpha value is -3.88. The average Bonchev–Trinajstić information content (AvgIpc) is 3.60. The van der Waals surface area contributed by atoms with E-state index in [9.17, 15) is 4.79 Å². The van der Waals surface area contributed by atoms with Crippen LogP contribution in [0.5, 0.6) is 0 Å². The van der Waals surface area contributed by atoms with Gasteiger partial charge in [0.2, 0.25) is 0 Å². The number of carbonyl (C=O) groups is 1. The molecule has 2 aromatic heterocycles. The monoisotopic (exact) mass is 586 g/mol. The molecule has 3 N–H and O–H groups in total. The Kier molecular flexibility index (Phi) is 6.74. The molecule has 0 unspecified atom stereocenters. The number of carbonyl (C=O) groups excluding carboxylic acids is 1. The third-order valence-corrected chi connectivity index (χ3v) is 7.46. The first-order chi connectivity index (χ1) is 18.5. The van der Waals surface area contributed by atoms with Gasteiger partial charge in [0.25, 0.3) is 0 Å². The molecule has 1 aliphatic rings. The van der Waals surface area contributed by atoms with Gasteiger partial charge in [0, 0.05) is 40.8 Å². The maximum absolute atomic E-state index is 12.6. The molecule has 0 spiro atoms. The summed E-state index contributed by atoms with van der Waals surface area (Å²) < 4.78 is 2.54. The van der Waals surface area contributed by atoms with Crippen molar-refractivity contribution >= 4 is 50.7 Å². The number of amides is 2. The lowest BCUT2D eigenvalue weighted by Gasteiger charge is -2.13. The highest BCUT2D eigenvalue weighted by molar-refractivity contribution is 9.10. The highest BCUT2D eigenvalue weighted by Gasteiger charge is 2.39. The Morgan fingerprint density at radius 1 is 1.03 bits per heavy atom. The molecule has 38 heavy (non-hydrogen) atoms. The molecule has 3 aromatic carbocycles. The Morgan fingerprint density at radius 3 is 2.68 bits per heavy atom. The fraction of sp³-hybridized carbons (Fsp3) is 0.138. The van der Waals surface area contributed by atoms with Gasteiger partial charge in [0.05, 0.1) is 16.4 Å². The van der Waals surface area contributed by atoms with Gasteiger partial charge in [-0.3, -0.25) is 0 Å². The predicted octanol–water partition coefficient (Wildman–Crippen LogP) is 7.10. The van der Waals surface area contributed by atoms with Crippen LogP contribution in [0.1, 0.15) is 23.5 Å². The summed E-state index contributed by atoms with van der Waals surface area (Å²) in [5.74, 6) is 1.15. The van der Waals surface area contributed by atoms with Crippen molar-refractivity contribution < 1.29 is 4.79 Å². The molecule has 1 saturated carbocycles. The van der Waals surface area contributed by atoms with Crippen molar-refractivity contribution in [1.29, 1.82) is 0 Å². The summed E-state index contributed by atoms with van der Waals surface area (Å²) in [4.78, 5) is 17.4. The number of hydrogen-bond donors (Lipinski definition) is 3. The number of hydrogen-bond acceptors (Lipinski definition) is 4. The number of rotatable bonds is 7. The minimum Gasteiger partial charge on any atom is -0.366 e. The number of halogens is 2. The lowest BCUT2D eigenvalue weighted by Crippen LogP contribution is -2.31. The van der Waals surface area contributed by atoms with Gasteiger partial charge < -0.3 is 16.0 Å². The van der Waals surface area contributed by atoms with Gasteiger partial charge in [-0.15, -0.1) is 0 Å². The van der Waals surface area contributed by atoms with Crippen LogP contribution in [-0.4, -0.2) is 26.7 Å². The SMILES string of the molecule is O=C(Nc1cccc(CNc2cc(-c3ccccc3Cl)nc3c(Br)cnn23)c1)N[C@@H]1C[C@H]1c1ccccc1. The first-order valence-corrected chi connectivity index (χ1v) is 13.5. The van der Waals surface area contributed by atoms with E-state index in [1.165, 1.54) is 5.56 Å². The van der Waals surface area contributed by atoms with Crippen molar-refractivity contribution in [2.24, 2.45) is 0 Å². The topological polar surface area (TPSA) is 83.3 Å². The largest absolute Gasteiger partial charge is 0.366 e. The summed E-state index contributed by atoms with van der Waals surface area (Å²) in [5, 5.41) is 14.6. The van der Waals surface area contributed by atoms with E-state index >= 15 is 0 Å². The number of urea groups is 1. The molecule has 2 atom stereocenters. The van der Waals surface area contributed by atoms with Crippen molar-refractivity contribution in [1.82, 2.24) is 19.9 Å². The molecule has 190 valence electrons. The molecule has 6 rings (SSSR count). The maximum atomic E-state index is 12.6. The normalized spacial score (nSPS) is 16.3. The number of nitrogens with zero attached hydrogens (tertiary/aromatic N) is 3. The van der Waals surface area contributed by atoms with Crippen LogP contribution in [0.3, 0.4) is 0 Å². The zero-order chi connectivity index (χ0) is 26.1. The van der Waals surface area contributed by atoms with Crippen molar-refractivity contribution in [3.8, 4) is 11.3 Å². The standard InChI is InChI=1S/C29H24BrClN6O/c30-23-17-33-37-27(15-26(35-28(23)37)21-11-4-5-12-24(21)31)32-16-18-7-6-10-20(13-18)34-29(38)36-25-14-22(25)19-8-2-1-3-9-19/h1-13,15,17,22,25,32H,14,16H2,(H2,34,36,38)/t22-,25+/m0/s1. The Bertz CT molecular complexity index is 1620. The van der Waals surface area contributed by atoms with Gasteiger partial charge in [-0.25, -0.2) is 9.78 Å². The third-order valence-electron chi connectivity index (χ3n) is 6.57. The quantitative estimate of drug-likeness (QED) is 0.190. The molecule has 1 aliphatic carbocycles. The maximum Gasteiger partial charge on any atom is 0.319 e. The van der Waals surface area contributed by atoms with Crippen LogP contribution in [0.25, 0.3) is 16.9 Å². The van der Waals surface area contributed by atoms with E-state index < -0.39 is 0 Å². The third kappa shape index (κ3) is 5.23. The minimum atomic E-state index is -0.194. The van der Waals surface area contributed by atoms with E-state index in [1.807, 2.05) is 72.8 Å². The molecule has 0 bridgehead atoms. The number of benzene rings is 3. The number of nitrogens with one attached hydrogen (secondary N) is 3. The number of aromatic nitrogens is 3. The lowest BCUT2D eigenvalue weighted by molar-refractivity contribution is 0.251. The van der Waals surface area contributed by atoms with E-state index in [-0.39, 0.29) is 12.1 Å². The molecule has 2 heterocycles. The zero-order valence-corrected chi connectivity index (χ0v) is 22.6. The summed E-state index contributed by atoms with van der Waals surface area (Å²) in [7, 11) is 0. The van der Waals surface area contributed by atoms with Crippen molar-refractivity contribution in [2.45, 2.75) is 24.9 Å². The van der Waals surface area contributed by atoms with Crippen LogP contribution >= 0.6 is 27.5 Å². The zero-order valence-electron chi connectivity index (χ0n) is 20.2. The molecule has 0 saturated heterocycles. The van der Waals surface area contributed by atoms with Crippen LogP contribution < -0.4 is 16.0 Å². The number of anilines is 2. The molecule has 5 aromatic rings. The van der Waals surface area contributed by atoms with E-state index in [2.05, 4.69) is 49.1 Å². The van der Waals surface area contributed by atoms with Crippen molar-refractivity contribution in [2.75, 3.05) is 10.6 Å². The second-order valence-electron chi connectivity index (χ2n) is 9.25. The molecule has 0 radical (unpaired) electrons. The van der Waals surface area contributed by atoms with Crippen LogP contribution in [0.15, 0.2) is 95.6 Å².